The van der Waals surface area contributed by atoms with E-state index in [1.165, 1.54) is 0 Å². The molecule has 0 bridgehead atoms. The van der Waals surface area contributed by atoms with E-state index < -0.39 is 0 Å². The number of rotatable bonds is 3. The number of aliphatic hydroxyl groups excluding tert-OH is 1. The Morgan fingerprint density at radius 1 is 1.67 bits per heavy atom. The normalized spacial score (nSPS) is 12.9. The second-order valence-corrected chi connectivity index (χ2v) is 4.68. The van der Waals surface area contributed by atoms with Crippen LogP contribution >= 0.6 is 27.7 Å². The monoisotopic (exact) mass is 247 g/mol. The van der Waals surface area contributed by atoms with Crippen molar-refractivity contribution in [1.82, 2.24) is 4.98 Å². The number of aliphatic hydroxyl groups is 1. The van der Waals surface area contributed by atoms with Crippen LogP contribution < -0.4 is 0 Å². The van der Waals surface area contributed by atoms with Gasteiger partial charge in [0.1, 0.15) is 4.60 Å². The van der Waals surface area contributed by atoms with Crippen LogP contribution in [0, 0.1) is 0 Å². The van der Waals surface area contributed by atoms with Crippen molar-refractivity contribution in [1.29, 1.82) is 0 Å². The zero-order chi connectivity index (χ0) is 8.97. The van der Waals surface area contributed by atoms with Crippen LogP contribution in [0.15, 0.2) is 27.8 Å². The summed E-state index contributed by atoms with van der Waals surface area (Å²) in [6, 6.07) is 5.75. The third-order valence-corrected chi connectivity index (χ3v) is 2.73. The van der Waals surface area contributed by atoms with Gasteiger partial charge in [0.05, 0.1) is 11.6 Å². The maximum Gasteiger partial charge on any atom is 0.107 e. The number of aromatic nitrogens is 1. The van der Waals surface area contributed by atoms with E-state index in [4.69, 9.17) is 5.11 Å². The van der Waals surface area contributed by atoms with Gasteiger partial charge in [0.2, 0.25) is 0 Å². The second-order valence-electron chi connectivity index (χ2n) is 2.41. The summed E-state index contributed by atoms with van der Waals surface area (Å²) in [5.41, 5.74) is 0. The molecule has 0 aliphatic rings. The van der Waals surface area contributed by atoms with Crippen molar-refractivity contribution in [2.24, 2.45) is 0 Å². The summed E-state index contributed by atoms with van der Waals surface area (Å²) in [4.78, 5) is 4.23. The molecule has 1 rings (SSSR count). The minimum atomic E-state index is 0.179. The first kappa shape index (κ1) is 10.0. The minimum Gasteiger partial charge on any atom is -0.395 e. The third-order valence-electron chi connectivity index (χ3n) is 1.27. The van der Waals surface area contributed by atoms with Gasteiger partial charge < -0.3 is 5.11 Å². The Morgan fingerprint density at radius 2 is 2.42 bits per heavy atom. The van der Waals surface area contributed by atoms with Gasteiger partial charge in [0, 0.05) is 5.25 Å². The fraction of sp³-hybridized carbons (Fsp3) is 0.375. The molecule has 0 saturated carbocycles. The van der Waals surface area contributed by atoms with Crippen molar-refractivity contribution in [2.75, 3.05) is 6.61 Å². The maximum absolute atomic E-state index is 8.81. The van der Waals surface area contributed by atoms with E-state index in [1.807, 2.05) is 25.1 Å². The van der Waals surface area contributed by atoms with E-state index in [0.717, 1.165) is 9.63 Å². The standard InChI is InChI=1S/C8H10BrNOS/c1-6(5-11)12-8-4-2-3-7(9)10-8/h2-4,6,11H,5H2,1H3. The Bertz CT molecular complexity index is 257. The smallest absolute Gasteiger partial charge is 0.107 e. The van der Waals surface area contributed by atoms with E-state index in [2.05, 4.69) is 20.9 Å². The highest BCUT2D eigenvalue weighted by Gasteiger charge is 2.03. The van der Waals surface area contributed by atoms with Crippen molar-refractivity contribution in [3.05, 3.63) is 22.8 Å². The van der Waals surface area contributed by atoms with Gasteiger partial charge in [-0.1, -0.05) is 13.0 Å². The summed E-state index contributed by atoms with van der Waals surface area (Å²) in [6.45, 7) is 2.14. The molecule has 1 aromatic heterocycles. The van der Waals surface area contributed by atoms with E-state index >= 15 is 0 Å². The van der Waals surface area contributed by atoms with Crippen LogP contribution in [0.3, 0.4) is 0 Å². The second kappa shape index (κ2) is 4.84. The third kappa shape index (κ3) is 3.13. The highest BCUT2D eigenvalue weighted by Crippen LogP contribution is 2.21. The van der Waals surface area contributed by atoms with Crippen molar-refractivity contribution in [2.45, 2.75) is 17.2 Å². The highest BCUT2D eigenvalue weighted by molar-refractivity contribution is 9.10. The lowest BCUT2D eigenvalue weighted by atomic mass is 10.5. The predicted octanol–water partition coefficient (Wildman–Crippen LogP) is 2.32. The molecule has 0 aliphatic heterocycles. The van der Waals surface area contributed by atoms with E-state index in [0.29, 0.717) is 0 Å². The molecule has 2 nitrogen and oxygen atoms in total. The first-order chi connectivity index (χ1) is 5.72. The molecule has 1 heterocycles. The number of thioether (sulfide) groups is 1. The topological polar surface area (TPSA) is 33.1 Å². The molecule has 1 N–H and O–H groups in total. The maximum atomic E-state index is 8.81. The van der Waals surface area contributed by atoms with E-state index in [9.17, 15) is 0 Å². The van der Waals surface area contributed by atoms with Crippen molar-refractivity contribution < 1.29 is 5.11 Å². The first-order valence-corrected chi connectivity index (χ1v) is 5.29. The van der Waals surface area contributed by atoms with Crippen molar-refractivity contribution in [3.8, 4) is 0 Å². The van der Waals surface area contributed by atoms with E-state index in [-0.39, 0.29) is 11.9 Å². The molecule has 1 aromatic rings. The van der Waals surface area contributed by atoms with Gasteiger partial charge in [0.25, 0.3) is 0 Å². The molecule has 66 valence electrons. The Kier molecular flexibility index (Phi) is 4.05. The predicted molar refractivity (Wildman–Crippen MR) is 54.3 cm³/mol. The molecule has 0 saturated heterocycles. The quantitative estimate of drug-likeness (QED) is 0.658. The molecule has 0 spiro atoms. The van der Waals surface area contributed by atoms with Crippen molar-refractivity contribution in [3.63, 3.8) is 0 Å². The average molecular weight is 248 g/mol. The lowest BCUT2D eigenvalue weighted by Crippen LogP contribution is -2.01. The van der Waals surface area contributed by atoms with Gasteiger partial charge in [-0.25, -0.2) is 4.98 Å². The number of pyridine rings is 1. The lowest BCUT2D eigenvalue weighted by Gasteiger charge is -2.05. The summed E-state index contributed by atoms with van der Waals surface area (Å²) in [5, 5.41) is 9.94. The summed E-state index contributed by atoms with van der Waals surface area (Å²) >= 11 is 4.85. The Hall–Kier alpha value is -0.0600. The van der Waals surface area contributed by atoms with Crippen LogP contribution in [0.2, 0.25) is 0 Å². The molecule has 1 unspecified atom stereocenters. The average Bonchev–Trinajstić information content (AvgIpc) is 2.04. The summed E-state index contributed by atoms with van der Waals surface area (Å²) in [5.74, 6) is 0. The molecule has 1 atom stereocenters. The number of hydrogen-bond donors (Lipinski definition) is 1. The highest BCUT2D eigenvalue weighted by atomic mass is 79.9. The SMILES string of the molecule is CC(CO)Sc1cccc(Br)n1. The Balaban J connectivity index is 2.63. The van der Waals surface area contributed by atoms with Gasteiger partial charge in [-0.05, 0) is 28.1 Å². The Morgan fingerprint density at radius 3 is 3.00 bits per heavy atom. The van der Waals surface area contributed by atoms with Crippen LogP contribution in [0.5, 0.6) is 0 Å². The molecule has 0 aromatic carbocycles. The molecular formula is C8H10BrNOS. The van der Waals surface area contributed by atoms with Crippen LogP contribution in [0.25, 0.3) is 0 Å². The number of halogens is 1. The van der Waals surface area contributed by atoms with Gasteiger partial charge >= 0.3 is 0 Å². The van der Waals surface area contributed by atoms with Crippen LogP contribution in [0.1, 0.15) is 6.92 Å². The van der Waals surface area contributed by atoms with Crippen LogP contribution in [-0.2, 0) is 0 Å². The zero-order valence-corrected chi connectivity index (χ0v) is 9.10. The van der Waals surface area contributed by atoms with Crippen LogP contribution in [-0.4, -0.2) is 21.9 Å². The minimum absolute atomic E-state index is 0.179. The number of nitrogens with zero attached hydrogens (tertiary/aromatic N) is 1. The number of hydrogen-bond acceptors (Lipinski definition) is 3. The Labute approximate surface area is 84.5 Å². The van der Waals surface area contributed by atoms with E-state index in [1.54, 1.807) is 11.8 Å². The fourth-order valence-electron chi connectivity index (χ4n) is 0.699. The molecule has 0 amide bonds. The lowest BCUT2D eigenvalue weighted by molar-refractivity contribution is 0.300. The molecule has 0 fully saturated rings. The summed E-state index contributed by atoms with van der Waals surface area (Å²) in [7, 11) is 0. The molecule has 12 heavy (non-hydrogen) atoms. The summed E-state index contributed by atoms with van der Waals surface area (Å²) < 4.78 is 0.831. The molecule has 0 radical (unpaired) electrons. The van der Waals surface area contributed by atoms with Crippen LogP contribution in [0.4, 0.5) is 0 Å². The first-order valence-electron chi connectivity index (χ1n) is 3.62. The fourth-order valence-corrected chi connectivity index (χ4v) is 1.95. The molecular weight excluding hydrogens is 238 g/mol. The van der Waals surface area contributed by atoms with Gasteiger partial charge in [0.15, 0.2) is 0 Å². The molecule has 4 heteroatoms. The molecule has 0 aliphatic carbocycles. The summed E-state index contributed by atoms with van der Waals surface area (Å²) in [6.07, 6.45) is 0. The van der Waals surface area contributed by atoms with Gasteiger partial charge in [-0.2, -0.15) is 0 Å². The van der Waals surface area contributed by atoms with Gasteiger partial charge in [-0.15, -0.1) is 11.8 Å². The van der Waals surface area contributed by atoms with Crippen molar-refractivity contribution >= 4 is 27.7 Å². The zero-order valence-electron chi connectivity index (χ0n) is 6.70. The van der Waals surface area contributed by atoms with Gasteiger partial charge in [-0.3, -0.25) is 0 Å². The largest absolute Gasteiger partial charge is 0.395 e.